The molecule has 2 aromatic carbocycles. The second kappa shape index (κ2) is 6.25. The first-order valence-corrected chi connectivity index (χ1v) is 6.60. The molecule has 0 amide bonds. The maximum atomic E-state index is 11.1. The van der Waals surface area contributed by atoms with Crippen molar-refractivity contribution < 1.29 is 9.66 Å². The van der Waals surface area contributed by atoms with Gasteiger partial charge >= 0.3 is 5.69 Å². The summed E-state index contributed by atoms with van der Waals surface area (Å²) >= 11 is 5.78. The zero-order valence-electron chi connectivity index (χ0n) is 11.2. The molecule has 0 radical (unpaired) electrons. The lowest BCUT2D eigenvalue weighted by atomic mass is 10.1. The lowest BCUT2D eigenvalue weighted by Crippen LogP contribution is -1.96. The van der Waals surface area contributed by atoms with E-state index in [1.165, 1.54) is 18.2 Å². The van der Waals surface area contributed by atoms with Crippen LogP contribution in [0, 0.1) is 28.4 Å². The molecular weight excluding hydrogens is 292 g/mol. The number of rotatable bonds is 4. The lowest BCUT2D eigenvalue weighted by molar-refractivity contribution is -0.385. The summed E-state index contributed by atoms with van der Waals surface area (Å²) in [5, 5.41) is 19.9. The minimum absolute atomic E-state index is 0.0915. The summed E-state index contributed by atoms with van der Waals surface area (Å²) in [4.78, 5) is 10.5. The molecular formula is C15H11ClN2O3. The third kappa shape index (κ3) is 3.30. The minimum Gasteiger partial charge on any atom is -0.450 e. The van der Waals surface area contributed by atoms with E-state index in [4.69, 9.17) is 21.6 Å². The van der Waals surface area contributed by atoms with Crippen LogP contribution >= 0.6 is 11.6 Å². The number of halogens is 1. The number of ether oxygens (including phenoxy) is 1. The Labute approximate surface area is 126 Å². The van der Waals surface area contributed by atoms with Crippen molar-refractivity contribution >= 4 is 17.3 Å². The molecule has 0 atom stereocenters. The van der Waals surface area contributed by atoms with Gasteiger partial charge in [0, 0.05) is 11.9 Å². The zero-order chi connectivity index (χ0) is 15.4. The smallest absolute Gasteiger partial charge is 0.312 e. The van der Waals surface area contributed by atoms with Crippen molar-refractivity contribution in [3.63, 3.8) is 0 Å². The molecule has 0 aliphatic rings. The Hall–Kier alpha value is -2.58. The molecule has 0 saturated carbocycles. The molecule has 0 N–H and O–H groups in total. The van der Waals surface area contributed by atoms with Crippen LogP contribution in [0.5, 0.6) is 11.5 Å². The van der Waals surface area contributed by atoms with Crippen molar-refractivity contribution in [3.8, 4) is 17.6 Å². The first-order valence-electron chi connectivity index (χ1n) is 6.07. The van der Waals surface area contributed by atoms with Crippen molar-refractivity contribution in [2.24, 2.45) is 0 Å². The Balaban J connectivity index is 2.44. The highest BCUT2D eigenvalue weighted by Crippen LogP contribution is 2.34. The van der Waals surface area contributed by atoms with E-state index in [0.29, 0.717) is 11.6 Å². The zero-order valence-corrected chi connectivity index (χ0v) is 11.9. The predicted octanol–water partition coefficient (Wildman–Crippen LogP) is 4.31. The third-order valence-electron chi connectivity index (χ3n) is 2.91. The number of nitro benzene ring substituents is 1. The Bertz CT molecular complexity index is 738. The molecule has 2 aromatic rings. The predicted molar refractivity (Wildman–Crippen MR) is 78.6 cm³/mol. The van der Waals surface area contributed by atoms with E-state index in [1.54, 1.807) is 6.07 Å². The van der Waals surface area contributed by atoms with Crippen LogP contribution in [0.3, 0.4) is 0 Å². The second-order valence-corrected chi connectivity index (χ2v) is 4.65. The van der Waals surface area contributed by atoms with Gasteiger partial charge in [0.05, 0.1) is 16.6 Å². The van der Waals surface area contributed by atoms with E-state index >= 15 is 0 Å². The molecule has 106 valence electrons. The van der Waals surface area contributed by atoms with Crippen LogP contribution in [-0.2, 0) is 5.88 Å². The van der Waals surface area contributed by atoms with E-state index in [0.717, 1.165) is 11.1 Å². The van der Waals surface area contributed by atoms with Crippen LogP contribution in [0.25, 0.3) is 0 Å². The number of nitro groups is 1. The molecule has 0 bridgehead atoms. The number of nitriles is 1. The number of alkyl halides is 1. The number of hydrogen-bond donors (Lipinski definition) is 0. The van der Waals surface area contributed by atoms with Crippen molar-refractivity contribution in [1.29, 1.82) is 5.26 Å². The molecule has 0 spiro atoms. The molecule has 6 heteroatoms. The Morgan fingerprint density at radius 2 is 2.05 bits per heavy atom. The first kappa shape index (κ1) is 14.8. The van der Waals surface area contributed by atoms with Gasteiger partial charge in [0.2, 0.25) is 5.75 Å². The van der Waals surface area contributed by atoms with Crippen molar-refractivity contribution in [2.75, 3.05) is 0 Å². The van der Waals surface area contributed by atoms with Crippen molar-refractivity contribution in [1.82, 2.24) is 0 Å². The maximum Gasteiger partial charge on any atom is 0.312 e. The summed E-state index contributed by atoms with van der Waals surface area (Å²) in [7, 11) is 0. The lowest BCUT2D eigenvalue weighted by Gasteiger charge is -2.10. The van der Waals surface area contributed by atoms with Crippen LogP contribution in [-0.4, -0.2) is 4.92 Å². The van der Waals surface area contributed by atoms with Gasteiger partial charge in [-0.05, 0) is 36.2 Å². The number of nitrogens with zero attached hydrogens (tertiary/aromatic N) is 2. The van der Waals surface area contributed by atoms with Crippen LogP contribution in [0.4, 0.5) is 5.69 Å². The van der Waals surface area contributed by atoms with Crippen LogP contribution < -0.4 is 4.74 Å². The Morgan fingerprint density at radius 3 is 2.67 bits per heavy atom. The molecule has 0 fully saturated rings. The summed E-state index contributed by atoms with van der Waals surface area (Å²) in [5.74, 6) is 0.918. The summed E-state index contributed by atoms with van der Waals surface area (Å²) < 4.78 is 5.63. The molecule has 0 heterocycles. The molecule has 0 unspecified atom stereocenters. The van der Waals surface area contributed by atoms with E-state index < -0.39 is 4.92 Å². The fourth-order valence-electron chi connectivity index (χ4n) is 1.77. The average molecular weight is 303 g/mol. The summed E-state index contributed by atoms with van der Waals surface area (Å²) in [6, 6.07) is 11.4. The van der Waals surface area contributed by atoms with Crippen molar-refractivity contribution in [2.45, 2.75) is 12.8 Å². The van der Waals surface area contributed by atoms with Gasteiger partial charge < -0.3 is 4.74 Å². The maximum absolute atomic E-state index is 11.1. The van der Waals surface area contributed by atoms with E-state index in [9.17, 15) is 10.1 Å². The van der Waals surface area contributed by atoms with E-state index in [2.05, 4.69) is 0 Å². The summed E-state index contributed by atoms with van der Waals surface area (Å²) in [6.45, 7) is 1.84. The molecule has 2 rings (SSSR count). The average Bonchev–Trinajstić information content (AvgIpc) is 2.49. The normalized spacial score (nSPS) is 9.95. The first-order chi connectivity index (χ1) is 10.0. The number of hydrogen-bond acceptors (Lipinski definition) is 4. The van der Waals surface area contributed by atoms with Gasteiger partial charge in [-0.15, -0.1) is 11.6 Å². The minimum atomic E-state index is -0.573. The quantitative estimate of drug-likeness (QED) is 0.479. The van der Waals surface area contributed by atoms with Gasteiger partial charge in [0.15, 0.2) is 0 Å². The SMILES string of the molecule is Cc1ccc(CCl)cc1Oc1ccc(C#N)cc1[N+](=O)[O-]. The summed E-state index contributed by atoms with van der Waals surface area (Å²) in [6.07, 6.45) is 0. The van der Waals surface area contributed by atoms with Crippen LogP contribution in [0.15, 0.2) is 36.4 Å². The third-order valence-corrected chi connectivity index (χ3v) is 3.22. The molecule has 0 aromatic heterocycles. The summed E-state index contributed by atoms with van der Waals surface area (Å²) in [5.41, 5.74) is 1.65. The highest BCUT2D eigenvalue weighted by Gasteiger charge is 2.17. The van der Waals surface area contributed by atoms with Gasteiger partial charge in [-0.25, -0.2) is 0 Å². The van der Waals surface area contributed by atoms with Crippen LogP contribution in [0.2, 0.25) is 0 Å². The Morgan fingerprint density at radius 1 is 1.29 bits per heavy atom. The molecule has 0 aliphatic heterocycles. The molecule has 21 heavy (non-hydrogen) atoms. The standard InChI is InChI=1S/C15H11ClN2O3/c1-10-2-3-11(8-16)7-15(10)21-14-5-4-12(9-17)6-13(14)18(19)20/h2-7H,8H2,1H3. The van der Waals surface area contributed by atoms with Gasteiger partial charge in [-0.1, -0.05) is 12.1 Å². The van der Waals surface area contributed by atoms with Crippen molar-refractivity contribution in [3.05, 3.63) is 63.2 Å². The van der Waals surface area contributed by atoms with E-state index in [-0.39, 0.29) is 17.0 Å². The fourth-order valence-corrected chi connectivity index (χ4v) is 1.94. The molecule has 0 aliphatic carbocycles. The highest BCUT2D eigenvalue weighted by molar-refractivity contribution is 6.17. The number of benzene rings is 2. The van der Waals surface area contributed by atoms with Gasteiger partial charge in [-0.2, -0.15) is 5.26 Å². The monoisotopic (exact) mass is 302 g/mol. The van der Waals surface area contributed by atoms with E-state index in [1.807, 2.05) is 25.1 Å². The Kier molecular flexibility index (Phi) is 4.41. The van der Waals surface area contributed by atoms with Gasteiger partial charge in [0.25, 0.3) is 0 Å². The topological polar surface area (TPSA) is 76.2 Å². The fraction of sp³-hybridized carbons (Fsp3) is 0.133. The molecule has 0 saturated heterocycles. The van der Waals surface area contributed by atoms with Gasteiger partial charge in [0.1, 0.15) is 5.75 Å². The number of aryl methyl sites for hydroxylation is 1. The highest BCUT2D eigenvalue weighted by atomic mass is 35.5. The molecule has 5 nitrogen and oxygen atoms in total. The van der Waals surface area contributed by atoms with Gasteiger partial charge in [-0.3, -0.25) is 10.1 Å². The largest absolute Gasteiger partial charge is 0.450 e. The second-order valence-electron chi connectivity index (χ2n) is 4.39. The van der Waals surface area contributed by atoms with Crippen LogP contribution in [0.1, 0.15) is 16.7 Å².